The van der Waals surface area contributed by atoms with E-state index in [0.717, 1.165) is 25.4 Å². The van der Waals surface area contributed by atoms with Crippen LogP contribution < -0.4 is 10.6 Å². The first-order valence-electron chi connectivity index (χ1n) is 4.60. The number of hydrogen-bond acceptors (Lipinski definition) is 5. The van der Waals surface area contributed by atoms with Crippen molar-refractivity contribution in [1.82, 2.24) is 9.97 Å². The van der Waals surface area contributed by atoms with Crippen LogP contribution in [-0.2, 0) is 4.74 Å². The Morgan fingerprint density at radius 2 is 2.36 bits per heavy atom. The zero-order valence-electron chi connectivity index (χ0n) is 8.58. The quantitative estimate of drug-likeness (QED) is 0.664. The smallest absolute Gasteiger partial charge is 0.224 e. The summed E-state index contributed by atoms with van der Waals surface area (Å²) in [6, 6.07) is 1.84. The third-order valence-corrected chi connectivity index (χ3v) is 1.71. The summed E-state index contributed by atoms with van der Waals surface area (Å²) >= 11 is 0. The number of ether oxygens (including phenoxy) is 1. The molecule has 1 aromatic rings. The molecule has 0 bridgehead atoms. The van der Waals surface area contributed by atoms with Gasteiger partial charge in [-0.05, 0) is 12.5 Å². The first kappa shape index (κ1) is 10.7. The summed E-state index contributed by atoms with van der Waals surface area (Å²) in [6.07, 6.45) is 2.69. The zero-order chi connectivity index (χ0) is 10.2. The number of nitrogens with one attached hydrogen (secondary N) is 2. The molecule has 0 atom stereocenters. The molecular weight excluding hydrogens is 180 g/mol. The Labute approximate surface area is 83.9 Å². The van der Waals surface area contributed by atoms with Gasteiger partial charge in [0.2, 0.25) is 5.95 Å². The van der Waals surface area contributed by atoms with Crippen LogP contribution in [0.5, 0.6) is 0 Å². The zero-order valence-corrected chi connectivity index (χ0v) is 8.58. The van der Waals surface area contributed by atoms with E-state index in [1.54, 1.807) is 20.4 Å². The van der Waals surface area contributed by atoms with Gasteiger partial charge in [0.1, 0.15) is 5.82 Å². The summed E-state index contributed by atoms with van der Waals surface area (Å²) in [6.45, 7) is 1.62. The highest BCUT2D eigenvalue weighted by Gasteiger charge is 1.95. The van der Waals surface area contributed by atoms with E-state index in [2.05, 4.69) is 20.6 Å². The van der Waals surface area contributed by atoms with Gasteiger partial charge in [0.25, 0.3) is 0 Å². The van der Waals surface area contributed by atoms with Crippen LogP contribution in [-0.4, -0.2) is 37.3 Å². The van der Waals surface area contributed by atoms with Gasteiger partial charge in [-0.15, -0.1) is 0 Å². The second kappa shape index (κ2) is 6.15. The van der Waals surface area contributed by atoms with Gasteiger partial charge in [-0.25, -0.2) is 4.98 Å². The van der Waals surface area contributed by atoms with E-state index in [1.807, 2.05) is 6.07 Å². The predicted octanol–water partition coefficient (Wildman–Crippen LogP) is 0.967. The molecule has 0 saturated heterocycles. The molecule has 1 heterocycles. The summed E-state index contributed by atoms with van der Waals surface area (Å²) in [4.78, 5) is 8.23. The summed E-state index contributed by atoms with van der Waals surface area (Å²) in [5, 5.41) is 6.07. The van der Waals surface area contributed by atoms with Crippen LogP contribution in [0.25, 0.3) is 0 Å². The van der Waals surface area contributed by atoms with Crippen LogP contribution in [0.4, 0.5) is 11.8 Å². The maximum Gasteiger partial charge on any atom is 0.224 e. The van der Waals surface area contributed by atoms with Crippen molar-refractivity contribution in [2.24, 2.45) is 0 Å². The Hall–Kier alpha value is -1.36. The third-order valence-electron chi connectivity index (χ3n) is 1.71. The van der Waals surface area contributed by atoms with Gasteiger partial charge >= 0.3 is 0 Å². The summed E-state index contributed by atoms with van der Waals surface area (Å²) in [7, 11) is 3.49. The molecule has 1 rings (SSSR count). The fourth-order valence-electron chi connectivity index (χ4n) is 1.01. The second-order valence-electron chi connectivity index (χ2n) is 2.79. The molecule has 5 nitrogen and oxygen atoms in total. The van der Waals surface area contributed by atoms with Gasteiger partial charge in [-0.3, -0.25) is 0 Å². The Morgan fingerprint density at radius 3 is 3.07 bits per heavy atom. The topological polar surface area (TPSA) is 59.1 Å². The van der Waals surface area contributed by atoms with Gasteiger partial charge in [0.15, 0.2) is 0 Å². The van der Waals surface area contributed by atoms with Crippen LogP contribution in [0.2, 0.25) is 0 Å². The molecule has 14 heavy (non-hydrogen) atoms. The number of rotatable bonds is 6. The molecule has 0 aromatic carbocycles. The van der Waals surface area contributed by atoms with Crippen LogP contribution in [0.15, 0.2) is 12.3 Å². The van der Waals surface area contributed by atoms with E-state index in [0.29, 0.717) is 5.95 Å². The minimum Gasteiger partial charge on any atom is -0.385 e. The molecule has 1 aromatic heterocycles. The van der Waals surface area contributed by atoms with Crippen LogP contribution in [0, 0.1) is 0 Å². The molecule has 5 heteroatoms. The van der Waals surface area contributed by atoms with Crippen molar-refractivity contribution in [1.29, 1.82) is 0 Å². The molecular formula is C9H16N4O. The van der Waals surface area contributed by atoms with Crippen LogP contribution in [0.3, 0.4) is 0 Å². The largest absolute Gasteiger partial charge is 0.385 e. The van der Waals surface area contributed by atoms with E-state index in [9.17, 15) is 0 Å². The van der Waals surface area contributed by atoms with Crippen LogP contribution >= 0.6 is 0 Å². The normalized spacial score (nSPS) is 9.86. The minimum atomic E-state index is 0.627. The van der Waals surface area contributed by atoms with Gasteiger partial charge in [0.05, 0.1) is 0 Å². The lowest BCUT2D eigenvalue weighted by atomic mass is 10.4. The molecule has 0 unspecified atom stereocenters. The van der Waals surface area contributed by atoms with Crippen LogP contribution in [0.1, 0.15) is 6.42 Å². The molecule has 78 valence electrons. The van der Waals surface area contributed by atoms with Crippen molar-refractivity contribution in [3.05, 3.63) is 12.3 Å². The maximum atomic E-state index is 4.94. The lowest BCUT2D eigenvalue weighted by Crippen LogP contribution is -2.07. The molecule has 0 aliphatic carbocycles. The van der Waals surface area contributed by atoms with Gasteiger partial charge < -0.3 is 15.4 Å². The van der Waals surface area contributed by atoms with Crippen molar-refractivity contribution in [3.63, 3.8) is 0 Å². The Kier molecular flexibility index (Phi) is 4.71. The molecule has 0 fully saturated rings. The summed E-state index contributed by atoms with van der Waals surface area (Å²) in [5.41, 5.74) is 0. The van der Waals surface area contributed by atoms with E-state index in [4.69, 9.17) is 4.74 Å². The monoisotopic (exact) mass is 196 g/mol. The summed E-state index contributed by atoms with van der Waals surface area (Å²) in [5.74, 6) is 1.46. The number of anilines is 2. The average molecular weight is 196 g/mol. The highest BCUT2D eigenvalue weighted by molar-refractivity contribution is 5.38. The second-order valence-corrected chi connectivity index (χ2v) is 2.79. The van der Waals surface area contributed by atoms with E-state index < -0.39 is 0 Å². The lowest BCUT2D eigenvalue weighted by Gasteiger charge is -2.05. The number of aromatic nitrogens is 2. The van der Waals surface area contributed by atoms with Crippen molar-refractivity contribution in [2.45, 2.75) is 6.42 Å². The predicted molar refractivity (Wildman–Crippen MR) is 56.6 cm³/mol. The fourth-order valence-corrected chi connectivity index (χ4v) is 1.01. The maximum absolute atomic E-state index is 4.94. The van der Waals surface area contributed by atoms with Gasteiger partial charge in [0, 0.05) is 33.5 Å². The van der Waals surface area contributed by atoms with Gasteiger partial charge in [-0.1, -0.05) is 0 Å². The first-order valence-corrected chi connectivity index (χ1v) is 4.60. The van der Waals surface area contributed by atoms with Crippen molar-refractivity contribution in [2.75, 3.05) is 37.9 Å². The average Bonchev–Trinajstić information content (AvgIpc) is 2.25. The molecule has 0 amide bonds. The Balaban J connectivity index is 2.34. The van der Waals surface area contributed by atoms with Crippen molar-refractivity contribution in [3.8, 4) is 0 Å². The molecule has 0 radical (unpaired) electrons. The lowest BCUT2D eigenvalue weighted by molar-refractivity contribution is 0.198. The van der Waals surface area contributed by atoms with E-state index >= 15 is 0 Å². The molecule has 0 aliphatic rings. The van der Waals surface area contributed by atoms with Gasteiger partial charge in [-0.2, -0.15) is 4.98 Å². The standard InChI is InChI=1S/C9H16N4O/c1-10-9-12-6-4-8(13-9)11-5-3-7-14-2/h4,6H,3,5,7H2,1-2H3,(H2,10,11,12,13). The third kappa shape index (κ3) is 3.57. The fraction of sp³-hybridized carbons (Fsp3) is 0.556. The van der Waals surface area contributed by atoms with E-state index in [1.165, 1.54) is 0 Å². The first-order chi connectivity index (χ1) is 6.86. The molecule has 2 N–H and O–H groups in total. The highest BCUT2D eigenvalue weighted by Crippen LogP contribution is 2.04. The minimum absolute atomic E-state index is 0.627. The Morgan fingerprint density at radius 1 is 1.50 bits per heavy atom. The molecule has 0 spiro atoms. The highest BCUT2D eigenvalue weighted by atomic mass is 16.5. The molecule has 0 saturated carbocycles. The Bertz CT molecular complexity index is 267. The number of nitrogens with zero attached hydrogens (tertiary/aromatic N) is 2. The SMILES string of the molecule is CNc1nccc(NCCCOC)n1. The van der Waals surface area contributed by atoms with Crippen molar-refractivity contribution >= 4 is 11.8 Å². The number of hydrogen-bond donors (Lipinski definition) is 2. The molecule has 0 aliphatic heterocycles. The number of methoxy groups -OCH3 is 1. The van der Waals surface area contributed by atoms with E-state index in [-0.39, 0.29) is 0 Å². The summed E-state index contributed by atoms with van der Waals surface area (Å²) < 4.78 is 4.94. The van der Waals surface area contributed by atoms with Crippen molar-refractivity contribution < 1.29 is 4.74 Å².